The second kappa shape index (κ2) is 6.20. The van der Waals surface area contributed by atoms with Crippen molar-refractivity contribution in [2.24, 2.45) is 7.05 Å². The summed E-state index contributed by atoms with van der Waals surface area (Å²) in [5.74, 6) is -0.169. The number of carbonyl (C=O) groups is 1. The molecule has 1 aromatic carbocycles. The standard InChI is InChI=1S/C18H19N3O2S/c1-10-5-6-13(11(2)7-10)8-19-16(22)15-12(3)14-17(24-15)20-9-21(4)18(14)23/h5-7,9H,8H2,1-4H3,(H,19,22). The summed E-state index contributed by atoms with van der Waals surface area (Å²) in [5.41, 5.74) is 4.01. The number of aromatic nitrogens is 2. The van der Waals surface area contributed by atoms with Crippen LogP contribution in [-0.4, -0.2) is 15.5 Å². The van der Waals surface area contributed by atoms with Gasteiger partial charge in [-0.15, -0.1) is 11.3 Å². The van der Waals surface area contributed by atoms with Crippen LogP contribution in [0.1, 0.15) is 31.9 Å². The molecule has 0 bridgehead atoms. The Bertz CT molecular complexity index is 1000. The van der Waals surface area contributed by atoms with Crippen LogP contribution in [0, 0.1) is 20.8 Å². The highest BCUT2D eigenvalue weighted by Gasteiger charge is 2.18. The van der Waals surface area contributed by atoms with E-state index in [0.717, 1.165) is 11.1 Å². The molecule has 0 radical (unpaired) electrons. The third-order valence-electron chi connectivity index (χ3n) is 4.15. The van der Waals surface area contributed by atoms with Crippen molar-refractivity contribution >= 4 is 27.5 Å². The zero-order chi connectivity index (χ0) is 17.4. The summed E-state index contributed by atoms with van der Waals surface area (Å²) in [5, 5.41) is 3.48. The van der Waals surface area contributed by atoms with Crippen LogP contribution < -0.4 is 10.9 Å². The molecule has 0 spiro atoms. The molecule has 0 aliphatic carbocycles. The fraction of sp³-hybridized carbons (Fsp3) is 0.278. The van der Waals surface area contributed by atoms with Crippen molar-refractivity contribution in [3.8, 4) is 0 Å². The predicted octanol–water partition coefficient (Wildman–Crippen LogP) is 2.85. The Morgan fingerprint density at radius 1 is 1.29 bits per heavy atom. The molecule has 0 unspecified atom stereocenters. The minimum absolute atomic E-state index is 0.123. The molecule has 24 heavy (non-hydrogen) atoms. The summed E-state index contributed by atoms with van der Waals surface area (Å²) in [7, 11) is 1.66. The third-order valence-corrected chi connectivity index (χ3v) is 5.35. The number of aryl methyl sites for hydroxylation is 4. The Morgan fingerprint density at radius 3 is 2.75 bits per heavy atom. The van der Waals surface area contributed by atoms with Gasteiger partial charge >= 0.3 is 0 Å². The van der Waals surface area contributed by atoms with E-state index in [2.05, 4.69) is 16.4 Å². The highest BCUT2D eigenvalue weighted by atomic mass is 32.1. The van der Waals surface area contributed by atoms with Crippen LogP contribution in [-0.2, 0) is 13.6 Å². The van der Waals surface area contributed by atoms with Crippen molar-refractivity contribution in [1.29, 1.82) is 0 Å². The van der Waals surface area contributed by atoms with Gasteiger partial charge in [-0.1, -0.05) is 23.8 Å². The fourth-order valence-corrected chi connectivity index (χ4v) is 3.78. The van der Waals surface area contributed by atoms with E-state index >= 15 is 0 Å². The monoisotopic (exact) mass is 341 g/mol. The first-order valence-corrected chi connectivity index (χ1v) is 8.49. The van der Waals surface area contributed by atoms with E-state index in [-0.39, 0.29) is 11.5 Å². The van der Waals surface area contributed by atoms with Crippen molar-refractivity contribution < 1.29 is 4.79 Å². The Balaban J connectivity index is 1.88. The fourth-order valence-electron chi connectivity index (χ4n) is 2.73. The Kier molecular flexibility index (Phi) is 4.24. The van der Waals surface area contributed by atoms with Crippen molar-refractivity contribution in [1.82, 2.24) is 14.9 Å². The summed E-state index contributed by atoms with van der Waals surface area (Å²) in [6.45, 7) is 6.34. The van der Waals surface area contributed by atoms with Crippen molar-refractivity contribution in [3.63, 3.8) is 0 Å². The van der Waals surface area contributed by atoms with Gasteiger partial charge in [-0.05, 0) is 37.5 Å². The normalized spacial score (nSPS) is 11.0. The number of amides is 1. The number of rotatable bonds is 3. The number of nitrogens with one attached hydrogen (secondary N) is 1. The lowest BCUT2D eigenvalue weighted by atomic mass is 10.1. The molecule has 0 aliphatic heterocycles. The van der Waals surface area contributed by atoms with Crippen LogP contribution in [0.15, 0.2) is 29.3 Å². The van der Waals surface area contributed by atoms with Gasteiger partial charge in [0.1, 0.15) is 4.83 Å². The van der Waals surface area contributed by atoms with Crippen molar-refractivity contribution in [3.05, 3.63) is 62.0 Å². The van der Waals surface area contributed by atoms with Gasteiger partial charge in [0.05, 0.1) is 16.6 Å². The summed E-state index contributed by atoms with van der Waals surface area (Å²) >= 11 is 1.26. The van der Waals surface area contributed by atoms with Gasteiger partial charge in [-0.2, -0.15) is 0 Å². The number of thiophene rings is 1. The van der Waals surface area contributed by atoms with E-state index < -0.39 is 0 Å². The summed E-state index contributed by atoms with van der Waals surface area (Å²) in [6, 6.07) is 6.16. The first-order valence-electron chi connectivity index (χ1n) is 7.67. The highest BCUT2D eigenvalue weighted by Crippen LogP contribution is 2.26. The molecule has 1 amide bonds. The largest absolute Gasteiger partial charge is 0.347 e. The van der Waals surface area contributed by atoms with Crippen LogP contribution in [0.4, 0.5) is 0 Å². The number of hydrogen-bond donors (Lipinski definition) is 1. The lowest BCUT2D eigenvalue weighted by molar-refractivity contribution is 0.0954. The molecule has 3 rings (SSSR count). The molecular formula is C18H19N3O2S. The van der Waals surface area contributed by atoms with Crippen LogP contribution in [0.3, 0.4) is 0 Å². The molecule has 6 heteroatoms. The minimum atomic E-state index is -0.169. The third kappa shape index (κ3) is 2.85. The second-order valence-electron chi connectivity index (χ2n) is 6.01. The average Bonchev–Trinajstić information content (AvgIpc) is 2.87. The Labute approximate surface area is 144 Å². The molecule has 5 nitrogen and oxygen atoms in total. The molecule has 0 saturated heterocycles. The molecule has 0 fully saturated rings. The number of nitrogens with zero attached hydrogens (tertiary/aromatic N) is 2. The molecule has 124 valence electrons. The molecule has 3 aromatic rings. The van der Waals surface area contributed by atoms with Gasteiger partial charge < -0.3 is 9.88 Å². The smallest absolute Gasteiger partial charge is 0.262 e. The number of benzene rings is 1. The molecule has 0 atom stereocenters. The van der Waals surface area contributed by atoms with Crippen LogP contribution >= 0.6 is 11.3 Å². The molecule has 2 heterocycles. The van der Waals surface area contributed by atoms with Crippen LogP contribution in [0.5, 0.6) is 0 Å². The molecule has 0 aliphatic rings. The molecule has 1 N–H and O–H groups in total. The van der Waals surface area contributed by atoms with Crippen molar-refractivity contribution in [2.75, 3.05) is 0 Å². The molecule has 0 saturated carbocycles. The van der Waals surface area contributed by atoms with Gasteiger partial charge in [-0.3, -0.25) is 9.59 Å². The lowest BCUT2D eigenvalue weighted by Gasteiger charge is -2.08. The van der Waals surface area contributed by atoms with Crippen LogP contribution in [0.2, 0.25) is 0 Å². The second-order valence-corrected chi connectivity index (χ2v) is 7.01. The maximum Gasteiger partial charge on any atom is 0.262 e. The average molecular weight is 341 g/mol. The Hall–Kier alpha value is -2.47. The van der Waals surface area contributed by atoms with E-state index in [1.807, 2.05) is 26.0 Å². The first-order chi connectivity index (χ1) is 11.4. The van der Waals surface area contributed by atoms with Gasteiger partial charge in [0.25, 0.3) is 11.5 Å². The maximum absolute atomic E-state index is 12.5. The number of carbonyl (C=O) groups excluding carboxylic acids is 1. The SMILES string of the molecule is Cc1ccc(CNC(=O)c2sc3ncn(C)c(=O)c3c2C)c(C)c1. The topological polar surface area (TPSA) is 64.0 Å². The number of hydrogen-bond acceptors (Lipinski definition) is 4. The van der Waals surface area contributed by atoms with Gasteiger partial charge in [0.15, 0.2) is 0 Å². The lowest BCUT2D eigenvalue weighted by Crippen LogP contribution is -2.23. The quantitative estimate of drug-likeness (QED) is 0.797. The van der Waals surface area contributed by atoms with E-state index in [0.29, 0.717) is 27.2 Å². The zero-order valence-electron chi connectivity index (χ0n) is 14.1. The van der Waals surface area contributed by atoms with Gasteiger partial charge in [-0.25, -0.2) is 4.98 Å². The molecular weight excluding hydrogens is 322 g/mol. The summed E-state index contributed by atoms with van der Waals surface area (Å²) in [4.78, 5) is 30.2. The van der Waals surface area contributed by atoms with E-state index in [1.54, 1.807) is 14.0 Å². The first kappa shape index (κ1) is 16.4. The number of fused-ring (bicyclic) bond motifs is 1. The van der Waals surface area contributed by atoms with Gasteiger partial charge in [0, 0.05) is 13.6 Å². The predicted molar refractivity (Wildman–Crippen MR) is 96.7 cm³/mol. The Morgan fingerprint density at radius 2 is 2.04 bits per heavy atom. The summed E-state index contributed by atoms with van der Waals surface area (Å²) < 4.78 is 1.43. The van der Waals surface area contributed by atoms with E-state index in [1.165, 1.54) is 27.8 Å². The van der Waals surface area contributed by atoms with E-state index in [9.17, 15) is 9.59 Å². The summed E-state index contributed by atoms with van der Waals surface area (Å²) in [6.07, 6.45) is 1.48. The highest BCUT2D eigenvalue weighted by molar-refractivity contribution is 7.20. The minimum Gasteiger partial charge on any atom is -0.347 e. The van der Waals surface area contributed by atoms with Crippen LogP contribution in [0.25, 0.3) is 10.2 Å². The maximum atomic E-state index is 12.5. The van der Waals surface area contributed by atoms with E-state index in [4.69, 9.17) is 0 Å². The zero-order valence-corrected chi connectivity index (χ0v) is 15.0. The molecule has 2 aromatic heterocycles. The van der Waals surface area contributed by atoms with Gasteiger partial charge in [0.2, 0.25) is 0 Å². The van der Waals surface area contributed by atoms with Crippen molar-refractivity contribution in [2.45, 2.75) is 27.3 Å².